The van der Waals surface area contributed by atoms with E-state index in [1.54, 1.807) is 0 Å². The van der Waals surface area contributed by atoms with E-state index in [0.29, 0.717) is 19.3 Å². The Kier molecular flexibility index (Phi) is 44.9. The van der Waals surface area contributed by atoms with E-state index in [9.17, 15) is 14.4 Å². The molecule has 0 bridgehead atoms. The number of unbranched alkanes of at least 4 members (excludes halogenated alkanes) is 27. The Morgan fingerprint density at radius 2 is 0.707 bits per heavy atom. The van der Waals surface area contributed by atoms with E-state index in [4.69, 9.17) is 14.2 Å². The van der Waals surface area contributed by atoms with Crippen molar-refractivity contribution >= 4 is 17.9 Å². The number of ether oxygens (including phenoxy) is 3. The third-order valence-corrected chi connectivity index (χ3v) is 10.6. The molecule has 0 aromatic heterocycles. The largest absolute Gasteiger partial charge is 0.462 e. The minimum absolute atomic E-state index is 0.0821. The fourth-order valence-corrected chi connectivity index (χ4v) is 6.89. The Morgan fingerprint density at radius 1 is 0.362 bits per heavy atom. The van der Waals surface area contributed by atoms with Gasteiger partial charge in [-0.05, 0) is 57.8 Å². The highest BCUT2D eigenvalue weighted by molar-refractivity contribution is 5.71. The average molecular weight is 813 g/mol. The highest BCUT2D eigenvalue weighted by Gasteiger charge is 2.19. The lowest BCUT2D eigenvalue weighted by atomic mass is 10.0. The number of hydrogen-bond acceptors (Lipinski definition) is 6. The van der Waals surface area contributed by atoms with Crippen LogP contribution in [0.1, 0.15) is 245 Å². The molecular formula is C52H92O6. The third-order valence-electron chi connectivity index (χ3n) is 10.6. The van der Waals surface area contributed by atoms with Gasteiger partial charge in [0.05, 0.1) is 0 Å². The molecule has 0 rings (SSSR count). The normalized spacial score (nSPS) is 12.4. The summed E-state index contributed by atoms with van der Waals surface area (Å²) in [6, 6.07) is 0. The van der Waals surface area contributed by atoms with Gasteiger partial charge in [0.15, 0.2) is 6.10 Å². The standard InChI is InChI=1S/C52H92O6/c1-4-7-10-13-16-19-22-24-25-26-28-30-33-36-39-42-45-51(54)57-48-49(47-56-50(53)44-41-38-35-32-29-21-18-15-12-9-6-3)58-52(55)46-43-40-37-34-31-27-23-20-17-14-11-8-5-2/h8,11,14-15,17-18,20,23,49H,4-7,9-10,12-13,16,19,21-22,24-48H2,1-3H3/b11-8-,17-14-,18-15-,23-20-. The van der Waals surface area contributed by atoms with Gasteiger partial charge in [-0.15, -0.1) is 0 Å². The molecule has 6 heteroatoms. The monoisotopic (exact) mass is 813 g/mol. The van der Waals surface area contributed by atoms with Crippen LogP contribution in [-0.4, -0.2) is 37.2 Å². The molecular weight excluding hydrogens is 721 g/mol. The second kappa shape index (κ2) is 47.1. The van der Waals surface area contributed by atoms with E-state index in [1.807, 2.05) is 0 Å². The predicted octanol–water partition coefficient (Wildman–Crippen LogP) is 15.9. The van der Waals surface area contributed by atoms with Crippen LogP contribution in [0.15, 0.2) is 48.6 Å². The summed E-state index contributed by atoms with van der Waals surface area (Å²) >= 11 is 0. The van der Waals surface area contributed by atoms with Gasteiger partial charge < -0.3 is 14.2 Å². The summed E-state index contributed by atoms with van der Waals surface area (Å²) < 4.78 is 16.7. The van der Waals surface area contributed by atoms with E-state index >= 15 is 0 Å². The van der Waals surface area contributed by atoms with Gasteiger partial charge in [-0.25, -0.2) is 0 Å². The van der Waals surface area contributed by atoms with Crippen LogP contribution in [0.2, 0.25) is 0 Å². The summed E-state index contributed by atoms with van der Waals surface area (Å²) in [5.41, 5.74) is 0. The molecule has 0 aromatic carbocycles. The van der Waals surface area contributed by atoms with Gasteiger partial charge in [0.1, 0.15) is 13.2 Å². The van der Waals surface area contributed by atoms with Gasteiger partial charge in [-0.1, -0.05) is 217 Å². The molecule has 0 aliphatic rings. The van der Waals surface area contributed by atoms with Crippen molar-refractivity contribution in [3.63, 3.8) is 0 Å². The molecule has 0 N–H and O–H groups in total. The molecule has 0 heterocycles. The lowest BCUT2D eigenvalue weighted by molar-refractivity contribution is -0.167. The van der Waals surface area contributed by atoms with Crippen LogP contribution < -0.4 is 0 Å². The SMILES string of the molecule is CC\C=C/C=C\C=C/CCCCCCCC(=O)OC(COC(=O)CCCCCCC/C=C\CCCC)COC(=O)CCCCCCCCCCCCCCCCCC. The minimum Gasteiger partial charge on any atom is -0.462 e. The number of allylic oxidation sites excluding steroid dienone is 8. The molecule has 336 valence electrons. The summed E-state index contributed by atoms with van der Waals surface area (Å²) in [7, 11) is 0. The summed E-state index contributed by atoms with van der Waals surface area (Å²) in [6.07, 6.45) is 55.2. The summed E-state index contributed by atoms with van der Waals surface area (Å²) in [6.45, 7) is 6.45. The van der Waals surface area contributed by atoms with Gasteiger partial charge in [-0.2, -0.15) is 0 Å². The van der Waals surface area contributed by atoms with Gasteiger partial charge in [0, 0.05) is 19.3 Å². The first kappa shape index (κ1) is 55.4. The van der Waals surface area contributed by atoms with Gasteiger partial charge in [0.25, 0.3) is 0 Å². The first-order valence-electron chi connectivity index (χ1n) is 24.7. The number of carbonyl (C=O) groups excluding carboxylic acids is 3. The van der Waals surface area contributed by atoms with E-state index in [0.717, 1.165) is 89.9 Å². The first-order chi connectivity index (χ1) is 28.5. The quantitative estimate of drug-likeness (QED) is 0.0200. The zero-order valence-electron chi connectivity index (χ0n) is 38.3. The van der Waals surface area contributed by atoms with Gasteiger partial charge >= 0.3 is 17.9 Å². The summed E-state index contributed by atoms with van der Waals surface area (Å²) in [5, 5.41) is 0. The maximum Gasteiger partial charge on any atom is 0.306 e. The summed E-state index contributed by atoms with van der Waals surface area (Å²) in [5.74, 6) is -0.908. The predicted molar refractivity (Wildman–Crippen MR) is 247 cm³/mol. The lowest BCUT2D eigenvalue weighted by Crippen LogP contribution is -2.30. The molecule has 58 heavy (non-hydrogen) atoms. The van der Waals surface area contributed by atoms with E-state index in [2.05, 4.69) is 69.4 Å². The fraction of sp³-hybridized carbons (Fsp3) is 0.788. The molecule has 0 saturated heterocycles. The van der Waals surface area contributed by atoms with Gasteiger partial charge in [0.2, 0.25) is 0 Å². The van der Waals surface area contributed by atoms with Crippen LogP contribution in [-0.2, 0) is 28.6 Å². The Bertz CT molecular complexity index is 1030. The number of rotatable bonds is 44. The van der Waals surface area contributed by atoms with Crippen molar-refractivity contribution in [2.75, 3.05) is 13.2 Å². The number of esters is 3. The second-order valence-corrected chi connectivity index (χ2v) is 16.4. The third kappa shape index (κ3) is 44.5. The highest BCUT2D eigenvalue weighted by Crippen LogP contribution is 2.15. The van der Waals surface area contributed by atoms with Crippen molar-refractivity contribution in [3.05, 3.63) is 48.6 Å². The van der Waals surface area contributed by atoms with Crippen LogP contribution in [0.3, 0.4) is 0 Å². The molecule has 0 radical (unpaired) electrons. The second-order valence-electron chi connectivity index (χ2n) is 16.4. The van der Waals surface area contributed by atoms with Gasteiger partial charge in [-0.3, -0.25) is 14.4 Å². The van der Waals surface area contributed by atoms with Crippen LogP contribution in [0, 0.1) is 0 Å². The maximum absolute atomic E-state index is 12.7. The molecule has 6 nitrogen and oxygen atoms in total. The van der Waals surface area contributed by atoms with E-state index in [-0.39, 0.29) is 31.1 Å². The Labute approximate surface area is 358 Å². The topological polar surface area (TPSA) is 78.9 Å². The van der Waals surface area contributed by atoms with Crippen molar-refractivity contribution in [2.45, 2.75) is 252 Å². The lowest BCUT2D eigenvalue weighted by Gasteiger charge is -2.18. The molecule has 0 saturated carbocycles. The van der Waals surface area contributed by atoms with E-state index < -0.39 is 6.10 Å². The average Bonchev–Trinajstić information content (AvgIpc) is 3.22. The molecule has 1 unspecified atom stereocenters. The zero-order valence-corrected chi connectivity index (χ0v) is 38.3. The maximum atomic E-state index is 12.7. The minimum atomic E-state index is -0.783. The molecule has 0 aliphatic carbocycles. The van der Waals surface area contributed by atoms with Crippen LogP contribution in [0.25, 0.3) is 0 Å². The molecule has 1 atom stereocenters. The Balaban J connectivity index is 4.36. The van der Waals surface area contributed by atoms with Crippen LogP contribution >= 0.6 is 0 Å². The molecule has 0 aliphatic heterocycles. The van der Waals surface area contributed by atoms with Crippen LogP contribution in [0.4, 0.5) is 0 Å². The molecule has 0 fully saturated rings. The van der Waals surface area contributed by atoms with Crippen molar-refractivity contribution in [3.8, 4) is 0 Å². The van der Waals surface area contributed by atoms with E-state index in [1.165, 1.54) is 116 Å². The fourth-order valence-electron chi connectivity index (χ4n) is 6.89. The Hall–Kier alpha value is -2.63. The molecule has 0 aromatic rings. The van der Waals surface area contributed by atoms with Crippen molar-refractivity contribution in [1.82, 2.24) is 0 Å². The summed E-state index contributed by atoms with van der Waals surface area (Å²) in [4.78, 5) is 37.8. The van der Waals surface area contributed by atoms with Crippen molar-refractivity contribution in [1.29, 1.82) is 0 Å². The molecule has 0 amide bonds. The molecule has 0 spiro atoms. The smallest absolute Gasteiger partial charge is 0.306 e. The number of carbonyl (C=O) groups is 3. The van der Waals surface area contributed by atoms with Crippen LogP contribution in [0.5, 0.6) is 0 Å². The van der Waals surface area contributed by atoms with Crippen molar-refractivity contribution < 1.29 is 28.6 Å². The highest BCUT2D eigenvalue weighted by atomic mass is 16.6. The zero-order chi connectivity index (χ0) is 42.3. The number of hydrogen-bond donors (Lipinski definition) is 0. The Morgan fingerprint density at radius 3 is 1.14 bits per heavy atom. The first-order valence-corrected chi connectivity index (χ1v) is 24.7. The van der Waals surface area contributed by atoms with Crippen molar-refractivity contribution in [2.24, 2.45) is 0 Å².